The summed E-state index contributed by atoms with van der Waals surface area (Å²) in [6.07, 6.45) is 3.97. The second kappa shape index (κ2) is 17.1. The van der Waals surface area contributed by atoms with Crippen molar-refractivity contribution in [2.75, 3.05) is 65.4 Å². The summed E-state index contributed by atoms with van der Waals surface area (Å²) >= 11 is 1.33. The number of hydrogen-bond acceptors (Lipinski definition) is 12. The molecular formula is C44H58FN9O5S. The minimum Gasteiger partial charge on any atom is -0.464 e. The molecule has 3 aromatic heterocycles. The van der Waals surface area contributed by atoms with Crippen LogP contribution in [0.25, 0.3) is 33.4 Å². The molecule has 1 aromatic carbocycles. The van der Waals surface area contributed by atoms with Gasteiger partial charge in [-0.25, -0.2) is 14.8 Å². The molecule has 8 rings (SSSR count). The Kier molecular flexibility index (Phi) is 12.0. The van der Waals surface area contributed by atoms with Crippen LogP contribution in [0.2, 0.25) is 0 Å². The van der Waals surface area contributed by atoms with Crippen molar-refractivity contribution >= 4 is 45.7 Å². The summed E-state index contributed by atoms with van der Waals surface area (Å²) in [6, 6.07) is 4.08. The van der Waals surface area contributed by atoms with Gasteiger partial charge in [0.2, 0.25) is 5.91 Å². The predicted octanol–water partition coefficient (Wildman–Crippen LogP) is 4.70. The fraction of sp³-hybridized carbons (Fsp3) is 0.568. The Morgan fingerprint density at radius 3 is 2.65 bits per heavy atom. The van der Waals surface area contributed by atoms with Crippen LogP contribution in [0, 0.1) is 17.2 Å². The molecule has 1 aliphatic carbocycles. The van der Waals surface area contributed by atoms with Gasteiger partial charge in [0.05, 0.1) is 58.1 Å². The largest absolute Gasteiger partial charge is 0.464 e. The Labute approximate surface area is 355 Å². The van der Waals surface area contributed by atoms with Gasteiger partial charge in [0, 0.05) is 86.1 Å². The third-order valence-electron chi connectivity index (χ3n) is 12.7. The number of benzene rings is 1. The van der Waals surface area contributed by atoms with Crippen molar-refractivity contribution < 1.29 is 28.2 Å². The molecular weight excluding hydrogens is 786 g/mol. The fourth-order valence-electron chi connectivity index (χ4n) is 8.96. The summed E-state index contributed by atoms with van der Waals surface area (Å²) in [5.41, 5.74) is 8.72. The second-order valence-corrected chi connectivity index (χ2v) is 18.5. The normalized spacial score (nSPS) is 24.3. The number of amides is 2. The van der Waals surface area contributed by atoms with Gasteiger partial charge in [0.15, 0.2) is 0 Å². The second-order valence-electron chi connectivity index (χ2n) is 17.6. The number of thiazole rings is 1. The Morgan fingerprint density at radius 1 is 1.15 bits per heavy atom. The molecule has 4 aliphatic rings. The molecule has 0 spiro atoms. The minimum atomic E-state index is -0.950. The van der Waals surface area contributed by atoms with E-state index in [1.54, 1.807) is 13.2 Å². The highest BCUT2D eigenvalue weighted by molar-refractivity contribution is 7.10. The zero-order valence-corrected chi connectivity index (χ0v) is 36.6. The summed E-state index contributed by atoms with van der Waals surface area (Å²) < 4.78 is 30.9. The quantitative estimate of drug-likeness (QED) is 0.212. The molecule has 3 fully saturated rings. The maximum absolute atomic E-state index is 16.7. The number of nitrogens with one attached hydrogen (secondary N) is 3. The van der Waals surface area contributed by atoms with Crippen LogP contribution in [0.5, 0.6) is 0 Å². The topological polar surface area (TPSA) is 146 Å². The zero-order valence-electron chi connectivity index (χ0n) is 35.8. The number of piperazine rings is 1. The number of cyclic esters (lactones) is 1. The SMILES string of the molecule is CCn1c(-c2cc(N3CCN(C)CC3)cnc2[C@H](C)OC)c2c3cc(c(F)cc31)-c1csc(n1)C[C@H](NC(=O)[C@H]1C[C@@H]1NC)C(=O)N1CCC[C@H](N1)C(=O)OCC(C)(C)C2. The molecule has 3 N–H and O–H groups in total. The van der Waals surface area contributed by atoms with Gasteiger partial charge in [-0.05, 0) is 77.4 Å². The van der Waals surface area contributed by atoms with E-state index in [-0.39, 0.29) is 42.9 Å². The van der Waals surface area contributed by atoms with Crippen LogP contribution >= 0.6 is 11.3 Å². The average Bonchev–Trinajstić information content (AvgIpc) is 3.82. The molecule has 6 heterocycles. The smallest absolute Gasteiger partial charge is 0.324 e. The van der Waals surface area contributed by atoms with Gasteiger partial charge < -0.3 is 34.5 Å². The number of fused-ring (bicyclic) bond motifs is 6. The third kappa shape index (κ3) is 8.41. The summed E-state index contributed by atoms with van der Waals surface area (Å²) in [4.78, 5) is 56.0. The Hall–Kier alpha value is -4.48. The number of aromatic nitrogens is 3. The van der Waals surface area contributed by atoms with E-state index in [2.05, 4.69) is 64.3 Å². The number of pyridine rings is 1. The van der Waals surface area contributed by atoms with Gasteiger partial charge in [0.25, 0.3) is 5.91 Å². The summed E-state index contributed by atoms with van der Waals surface area (Å²) in [5.74, 6) is -1.67. The Bertz CT molecular complexity index is 2270. The molecule has 14 nitrogen and oxygen atoms in total. The van der Waals surface area contributed by atoms with E-state index in [0.29, 0.717) is 55.0 Å². The van der Waals surface area contributed by atoms with Crippen molar-refractivity contribution in [3.05, 3.63) is 51.9 Å². The maximum Gasteiger partial charge on any atom is 0.324 e. The maximum atomic E-state index is 16.7. The molecule has 0 radical (unpaired) electrons. The first-order valence-corrected chi connectivity index (χ1v) is 22.1. The molecule has 2 saturated heterocycles. The number of anilines is 1. The lowest BCUT2D eigenvalue weighted by Gasteiger charge is -2.35. The number of hydrogen-bond donors (Lipinski definition) is 3. The van der Waals surface area contributed by atoms with Crippen LogP contribution < -0.4 is 21.0 Å². The molecule has 322 valence electrons. The minimum absolute atomic E-state index is 0.0558. The van der Waals surface area contributed by atoms with Crippen LogP contribution in [0.4, 0.5) is 10.1 Å². The molecule has 2 amide bonds. The first kappa shape index (κ1) is 42.2. The number of aryl methyl sites for hydroxylation is 1. The van der Waals surface area contributed by atoms with Gasteiger partial charge in [0.1, 0.15) is 17.9 Å². The first-order chi connectivity index (χ1) is 28.8. The number of rotatable bonds is 8. The van der Waals surface area contributed by atoms with E-state index in [4.69, 9.17) is 19.4 Å². The number of carbonyl (C=O) groups is 3. The van der Waals surface area contributed by atoms with E-state index in [0.717, 1.165) is 65.3 Å². The fourth-order valence-corrected chi connectivity index (χ4v) is 9.80. The van der Waals surface area contributed by atoms with Gasteiger partial charge in [-0.2, -0.15) is 0 Å². The van der Waals surface area contributed by atoms with Crippen molar-refractivity contribution in [1.29, 1.82) is 0 Å². The van der Waals surface area contributed by atoms with Gasteiger partial charge >= 0.3 is 5.97 Å². The zero-order chi connectivity index (χ0) is 42.5. The molecule has 4 aromatic rings. The van der Waals surface area contributed by atoms with E-state index < -0.39 is 29.3 Å². The third-order valence-corrected chi connectivity index (χ3v) is 13.5. The molecule has 60 heavy (non-hydrogen) atoms. The van der Waals surface area contributed by atoms with E-state index in [1.807, 2.05) is 31.6 Å². The molecule has 5 atom stereocenters. The van der Waals surface area contributed by atoms with Crippen LogP contribution in [0.15, 0.2) is 29.8 Å². The summed E-state index contributed by atoms with van der Waals surface area (Å²) in [6.45, 7) is 12.9. The average molecular weight is 844 g/mol. The van der Waals surface area contributed by atoms with Crippen molar-refractivity contribution in [1.82, 2.24) is 40.5 Å². The molecule has 16 heteroatoms. The van der Waals surface area contributed by atoms with Crippen LogP contribution in [0.1, 0.15) is 69.3 Å². The number of ether oxygens (including phenoxy) is 2. The van der Waals surface area contributed by atoms with Crippen LogP contribution in [-0.4, -0.2) is 121 Å². The van der Waals surface area contributed by atoms with E-state index in [1.165, 1.54) is 16.3 Å². The van der Waals surface area contributed by atoms with Gasteiger partial charge in [-0.15, -0.1) is 11.3 Å². The predicted molar refractivity (Wildman–Crippen MR) is 230 cm³/mol. The van der Waals surface area contributed by atoms with Crippen LogP contribution in [-0.2, 0) is 43.2 Å². The van der Waals surface area contributed by atoms with Crippen LogP contribution in [0.3, 0.4) is 0 Å². The van der Waals surface area contributed by atoms with E-state index >= 15 is 4.39 Å². The number of hydrazine groups is 1. The first-order valence-electron chi connectivity index (χ1n) is 21.3. The molecule has 0 unspecified atom stereocenters. The van der Waals surface area contributed by atoms with Crippen molar-refractivity contribution in [3.8, 4) is 22.5 Å². The molecule has 3 aliphatic heterocycles. The number of nitrogens with zero attached hydrogens (tertiary/aromatic N) is 6. The highest BCUT2D eigenvalue weighted by Gasteiger charge is 2.44. The molecule has 1 saturated carbocycles. The van der Waals surface area contributed by atoms with Crippen molar-refractivity contribution in [3.63, 3.8) is 0 Å². The summed E-state index contributed by atoms with van der Waals surface area (Å²) in [7, 11) is 5.63. The monoisotopic (exact) mass is 843 g/mol. The number of esters is 1. The number of likely N-dealkylation sites (N-methyl/N-ethyl adjacent to an activating group) is 1. The highest BCUT2D eigenvalue weighted by atomic mass is 32.1. The Balaban J connectivity index is 1.27. The lowest BCUT2D eigenvalue weighted by molar-refractivity contribution is -0.155. The highest BCUT2D eigenvalue weighted by Crippen LogP contribution is 2.44. The Morgan fingerprint density at radius 2 is 1.93 bits per heavy atom. The lowest BCUT2D eigenvalue weighted by atomic mass is 9.84. The van der Waals surface area contributed by atoms with E-state index in [9.17, 15) is 14.4 Å². The van der Waals surface area contributed by atoms with Gasteiger partial charge in [-0.1, -0.05) is 13.8 Å². The standard InChI is InChI=1S/C44H58FN9O5S/c1-8-53-37-19-32(45)28-17-27(37)31(40(53)30-16-26(22-47-39(30)25(2)58-7)52-14-12-51(6)13-15-52)21-44(3,4)24-59-43(57)33-10-9-11-54(50-33)42(56)35(20-38-48-36(28)23-60-38)49-41(55)29-18-34(29)46-5/h16-17,19,22-23,25,29,33-35,46,50H,8-15,18,20-21,24H2,1-7H3,(H,49,55)/t25-,29-,33-,34-,35-/m0/s1. The van der Waals surface area contributed by atoms with Crippen molar-refractivity contribution in [2.45, 2.75) is 90.6 Å². The number of halogens is 1. The molecule has 6 bridgehead atoms. The summed E-state index contributed by atoms with van der Waals surface area (Å²) in [5, 5.41) is 10.8. The van der Waals surface area contributed by atoms with Gasteiger partial charge in [-0.3, -0.25) is 24.4 Å². The lowest BCUT2D eigenvalue weighted by Crippen LogP contribution is -2.60. The number of carbonyl (C=O) groups excluding carboxylic acids is 3. The number of methoxy groups -OCH3 is 1. The van der Waals surface area contributed by atoms with Crippen molar-refractivity contribution in [2.24, 2.45) is 11.3 Å².